The standard InChI is InChI=1S/C29H25F3N6O3S/c30-21-5-7-22(8-6-21)37-25-11-20-4-9-23(42(40,41)26-16-35-38(36-26)28(31)32)13-29(20,12-19(25)15-34-37)27(39)24-10-3-18(14-33-24)17-1-2-17/h3,5-8,10-11,14-17,23,28H,1-2,4,9,12-13H2/t23-,29-/m0/s1. The van der Waals surface area contributed by atoms with Gasteiger partial charge in [-0.15, -0.1) is 9.90 Å². The Kier molecular flexibility index (Phi) is 6.19. The molecule has 3 heterocycles. The number of pyridine rings is 1. The number of Topliss-reactive ketones (excluding diaryl/α,β-unsaturated/α-hetero) is 1. The first-order valence-corrected chi connectivity index (χ1v) is 15.2. The Morgan fingerprint density at radius 3 is 2.45 bits per heavy atom. The Bertz CT molecular complexity index is 1830. The summed E-state index contributed by atoms with van der Waals surface area (Å²) < 4.78 is 68.7. The molecule has 216 valence electrons. The molecule has 4 aromatic rings. The van der Waals surface area contributed by atoms with Gasteiger partial charge in [0.05, 0.1) is 34.4 Å². The second-order valence-electron chi connectivity index (χ2n) is 11.1. The molecule has 7 rings (SSSR count). The molecule has 13 heteroatoms. The lowest BCUT2D eigenvalue weighted by Gasteiger charge is -2.43. The minimum atomic E-state index is -4.19. The Morgan fingerprint density at radius 2 is 1.79 bits per heavy atom. The van der Waals surface area contributed by atoms with Gasteiger partial charge in [0.25, 0.3) is 0 Å². The van der Waals surface area contributed by atoms with Gasteiger partial charge in [-0.1, -0.05) is 11.6 Å². The number of rotatable bonds is 7. The molecule has 2 atom stereocenters. The van der Waals surface area contributed by atoms with Crippen LogP contribution in [-0.4, -0.2) is 49.2 Å². The summed E-state index contributed by atoms with van der Waals surface area (Å²) in [5, 5.41) is 9.82. The lowest BCUT2D eigenvalue weighted by atomic mass is 9.61. The number of benzene rings is 1. The largest absolute Gasteiger partial charge is 0.348 e. The lowest BCUT2D eigenvalue weighted by molar-refractivity contribution is 0.0402. The van der Waals surface area contributed by atoms with Crippen LogP contribution in [0.2, 0.25) is 0 Å². The molecule has 3 aromatic heterocycles. The van der Waals surface area contributed by atoms with Crippen molar-refractivity contribution >= 4 is 21.7 Å². The van der Waals surface area contributed by atoms with E-state index in [1.807, 2.05) is 12.1 Å². The first-order valence-electron chi connectivity index (χ1n) is 13.6. The van der Waals surface area contributed by atoms with Gasteiger partial charge in [-0.05, 0) is 92.0 Å². The number of sulfone groups is 1. The van der Waals surface area contributed by atoms with Crippen LogP contribution < -0.4 is 0 Å². The molecule has 1 aromatic carbocycles. The van der Waals surface area contributed by atoms with Crippen LogP contribution in [0.15, 0.2) is 65.6 Å². The van der Waals surface area contributed by atoms with Crippen molar-refractivity contribution in [2.24, 2.45) is 5.41 Å². The number of aromatic nitrogens is 6. The van der Waals surface area contributed by atoms with Crippen LogP contribution in [0.3, 0.4) is 0 Å². The molecule has 42 heavy (non-hydrogen) atoms. The van der Waals surface area contributed by atoms with Gasteiger partial charge in [0.15, 0.2) is 10.8 Å². The zero-order valence-corrected chi connectivity index (χ0v) is 23.0. The molecule has 2 fully saturated rings. The fraction of sp³-hybridized carbons (Fsp3) is 0.345. The molecule has 0 spiro atoms. The highest BCUT2D eigenvalue weighted by Crippen LogP contribution is 2.52. The molecule has 3 aliphatic carbocycles. The molecule has 0 amide bonds. The molecular weight excluding hydrogens is 569 g/mol. The van der Waals surface area contributed by atoms with Crippen molar-refractivity contribution < 1.29 is 26.4 Å². The predicted octanol–water partition coefficient (Wildman–Crippen LogP) is 5.11. The van der Waals surface area contributed by atoms with E-state index in [4.69, 9.17) is 0 Å². The smallest absolute Gasteiger partial charge is 0.291 e. The number of hydrogen-bond acceptors (Lipinski definition) is 7. The van der Waals surface area contributed by atoms with Gasteiger partial charge < -0.3 is 0 Å². The minimum absolute atomic E-state index is 0.0596. The van der Waals surface area contributed by atoms with Crippen molar-refractivity contribution in [3.05, 3.63) is 88.9 Å². The molecule has 3 aliphatic rings. The van der Waals surface area contributed by atoms with Crippen LogP contribution in [0.5, 0.6) is 0 Å². The quantitative estimate of drug-likeness (QED) is 0.274. The number of alkyl halides is 2. The van der Waals surface area contributed by atoms with Crippen molar-refractivity contribution in [2.75, 3.05) is 0 Å². The van der Waals surface area contributed by atoms with Crippen LogP contribution in [-0.2, 0) is 16.3 Å². The summed E-state index contributed by atoms with van der Waals surface area (Å²) in [6.07, 6.45) is 8.76. The third kappa shape index (κ3) is 4.37. The van der Waals surface area contributed by atoms with Gasteiger partial charge in [0, 0.05) is 6.20 Å². The summed E-state index contributed by atoms with van der Waals surface area (Å²) in [5.74, 6) is -0.223. The van der Waals surface area contributed by atoms with Crippen molar-refractivity contribution in [2.45, 2.75) is 61.3 Å². The summed E-state index contributed by atoms with van der Waals surface area (Å²) in [4.78, 5) is 18.9. The van der Waals surface area contributed by atoms with E-state index in [0.717, 1.165) is 41.4 Å². The number of nitrogens with zero attached hydrogens (tertiary/aromatic N) is 6. The zero-order chi connectivity index (χ0) is 29.2. The van der Waals surface area contributed by atoms with Crippen LogP contribution in [0.25, 0.3) is 11.8 Å². The fourth-order valence-electron chi connectivity index (χ4n) is 6.22. The molecule has 9 nitrogen and oxygen atoms in total. The number of allylic oxidation sites excluding steroid dienone is 1. The Hall–Kier alpha value is -4.13. The summed E-state index contributed by atoms with van der Waals surface area (Å²) in [6.45, 7) is -3.08. The average molecular weight is 595 g/mol. The summed E-state index contributed by atoms with van der Waals surface area (Å²) in [7, 11) is -4.19. The molecule has 0 unspecified atom stereocenters. The lowest BCUT2D eigenvalue weighted by Crippen LogP contribution is -2.46. The monoisotopic (exact) mass is 594 g/mol. The molecule has 0 bridgehead atoms. The van der Waals surface area contributed by atoms with E-state index in [1.54, 1.807) is 35.3 Å². The Balaban J connectivity index is 1.30. The van der Waals surface area contributed by atoms with E-state index in [1.165, 1.54) is 12.1 Å². The number of carbonyl (C=O) groups is 1. The van der Waals surface area contributed by atoms with Gasteiger partial charge in [0.1, 0.15) is 11.5 Å². The first kappa shape index (κ1) is 26.7. The van der Waals surface area contributed by atoms with Crippen molar-refractivity contribution in [3.8, 4) is 5.69 Å². The number of hydrogen-bond donors (Lipinski definition) is 0. The van der Waals surface area contributed by atoms with E-state index >= 15 is 0 Å². The number of fused-ring (bicyclic) bond motifs is 2. The van der Waals surface area contributed by atoms with E-state index in [-0.39, 0.29) is 47.8 Å². The number of ketones is 1. The Morgan fingerprint density at radius 1 is 1.00 bits per heavy atom. The summed E-state index contributed by atoms with van der Waals surface area (Å²) in [6, 6.07) is 9.49. The van der Waals surface area contributed by atoms with Crippen molar-refractivity contribution in [1.29, 1.82) is 0 Å². The summed E-state index contributed by atoms with van der Waals surface area (Å²) in [5.41, 5.74) is 2.92. The average Bonchev–Trinajstić information content (AvgIpc) is 3.56. The second kappa shape index (κ2) is 9.72. The van der Waals surface area contributed by atoms with E-state index < -0.39 is 32.1 Å². The molecular formula is C29H25F3N6O3S. The summed E-state index contributed by atoms with van der Waals surface area (Å²) >= 11 is 0. The van der Waals surface area contributed by atoms with Crippen molar-refractivity contribution in [3.63, 3.8) is 0 Å². The topological polar surface area (TPSA) is 113 Å². The third-order valence-electron chi connectivity index (χ3n) is 8.58. The maximum atomic E-state index is 14.4. The van der Waals surface area contributed by atoms with Crippen LogP contribution in [0, 0.1) is 11.2 Å². The molecule has 2 saturated carbocycles. The maximum absolute atomic E-state index is 14.4. The van der Waals surface area contributed by atoms with Gasteiger partial charge in [-0.25, -0.2) is 17.5 Å². The highest BCUT2D eigenvalue weighted by Gasteiger charge is 2.52. The third-order valence-corrected chi connectivity index (χ3v) is 10.6. The van der Waals surface area contributed by atoms with E-state index in [0.29, 0.717) is 11.6 Å². The van der Waals surface area contributed by atoms with Crippen LogP contribution in [0.1, 0.15) is 71.9 Å². The molecule has 0 radical (unpaired) electrons. The van der Waals surface area contributed by atoms with Crippen molar-refractivity contribution in [1.82, 2.24) is 29.8 Å². The molecule has 0 N–H and O–H groups in total. The van der Waals surface area contributed by atoms with Crippen LogP contribution in [0.4, 0.5) is 13.2 Å². The SMILES string of the molecule is O=C(c1ccc(C2CC2)cn1)[C@]12Cc3cnn(-c4ccc(F)cc4)c3C=C1CC[C@H](S(=O)(=O)c1cnn(C(F)F)n1)C2. The normalized spacial score (nSPS) is 22.0. The fourth-order valence-corrected chi connectivity index (χ4v) is 7.88. The Labute approximate surface area is 239 Å². The predicted molar refractivity (Wildman–Crippen MR) is 144 cm³/mol. The molecule has 0 saturated heterocycles. The van der Waals surface area contributed by atoms with Gasteiger partial charge >= 0.3 is 6.55 Å². The van der Waals surface area contributed by atoms with Gasteiger partial charge in [-0.2, -0.15) is 19.0 Å². The highest BCUT2D eigenvalue weighted by atomic mass is 32.2. The number of carbonyl (C=O) groups excluding carboxylic acids is 1. The van der Waals surface area contributed by atoms with E-state index in [9.17, 15) is 26.4 Å². The maximum Gasteiger partial charge on any atom is 0.348 e. The highest BCUT2D eigenvalue weighted by molar-refractivity contribution is 7.92. The van der Waals surface area contributed by atoms with Gasteiger partial charge in [-0.3, -0.25) is 9.78 Å². The molecule has 0 aliphatic heterocycles. The van der Waals surface area contributed by atoms with E-state index in [2.05, 4.69) is 20.3 Å². The minimum Gasteiger partial charge on any atom is -0.291 e. The van der Waals surface area contributed by atoms with Crippen LogP contribution >= 0.6 is 0 Å². The first-order chi connectivity index (χ1) is 20.2. The van der Waals surface area contributed by atoms with Gasteiger partial charge in [0.2, 0.25) is 9.84 Å². The zero-order valence-electron chi connectivity index (χ0n) is 22.2. The number of halogens is 3. The second-order valence-corrected chi connectivity index (χ2v) is 13.3.